The molecule has 132 valence electrons. The third-order valence-electron chi connectivity index (χ3n) is 3.92. The number of hydrogen-bond acceptors (Lipinski definition) is 3. The van der Waals surface area contributed by atoms with Crippen LogP contribution in [-0.4, -0.2) is 20.7 Å². The SMILES string of the molecule is C/C(=C\C(=O)NCc1cccc(Cn2cncn2)c1)c1ccc(F)cc1. The zero-order valence-corrected chi connectivity index (χ0v) is 14.4. The lowest BCUT2D eigenvalue weighted by Crippen LogP contribution is -2.20. The van der Waals surface area contributed by atoms with E-state index in [2.05, 4.69) is 15.4 Å². The highest BCUT2D eigenvalue weighted by molar-refractivity contribution is 5.94. The van der Waals surface area contributed by atoms with Gasteiger partial charge in [-0.2, -0.15) is 5.10 Å². The first kappa shape index (κ1) is 17.5. The molecule has 0 unspecified atom stereocenters. The molecule has 1 N–H and O–H groups in total. The first-order chi connectivity index (χ1) is 12.6. The molecule has 6 heteroatoms. The van der Waals surface area contributed by atoms with Crippen LogP contribution in [0.5, 0.6) is 0 Å². The van der Waals surface area contributed by atoms with Crippen molar-refractivity contribution in [2.75, 3.05) is 0 Å². The van der Waals surface area contributed by atoms with Gasteiger partial charge in [-0.15, -0.1) is 0 Å². The molecule has 1 amide bonds. The first-order valence-electron chi connectivity index (χ1n) is 8.22. The van der Waals surface area contributed by atoms with Crippen LogP contribution in [-0.2, 0) is 17.9 Å². The van der Waals surface area contributed by atoms with Crippen LogP contribution in [0, 0.1) is 5.82 Å². The van der Waals surface area contributed by atoms with Gasteiger partial charge < -0.3 is 5.32 Å². The fraction of sp³-hybridized carbons (Fsp3) is 0.150. The standard InChI is InChI=1S/C20H19FN4O/c1-15(18-5-7-19(21)8-6-18)9-20(26)23-11-16-3-2-4-17(10-16)12-25-14-22-13-24-25/h2-10,13-14H,11-12H2,1H3,(H,23,26)/b15-9+. The number of aromatic nitrogens is 3. The van der Waals surface area contributed by atoms with Gasteiger partial charge in [-0.3, -0.25) is 4.79 Å². The maximum atomic E-state index is 13.0. The average molecular weight is 350 g/mol. The second-order valence-corrected chi connectivity index (χ2v) is 5.97. The fourth-order valence-corrected chi connectivity index (χ4v) is 2.57. The Hall–Kier alpha value is -3.28. The summed E-state index contributed by atoms with van der Waals surface area (Å²) in [6, 6.07) is 14.0. The Bertz CT molecular complexity index is 902. The molecule has 2 aromatic carbocycles. The summed E-state index contributed by atoms with van der Waals surface area (Å²) in [4.78, 5) is 16.0. The molecule has 0 saturated heterocycles. The van der Waals surface area contributed by atoms with Crippen molar-refractivity contribution in [1.82, 2.24) is 20.1 Å². The van der Waals surface area contributed by atoms with Crippen LogP contribution >= 0.6 is 0 Å². The van der Waals surface area contributed by atoms with Gasteiger partial charge in [0.15, 0.2) is 0 Å². The molecular weight excluding hydrogens is 331 g/mol. The molecule has 26 heavy (non-hydrogen) atoms. The molecule has 0 aliphatic carbocycles. The molecule has 0 atom stereocenters. The predicted octanol–water partition coefficient (Wildman–Crippen LogP) is 3.19. The van der Waals surface area contributed by atoms with E-state index in [1.807, 2.05) is 31.2 Å². The van der Waals surface area contributed by atoms with Crippen molar-refractivity contribution in [3.8, 4) is 0 Å². The number of nitrogens with zero attached hydrogens (tertiary/aromatic N) is 3. The van der Waals surface area contributed by atoms with Crippen molar-refractivity contribution in [3.05, 3.63) is 89.8 Å². The molecule has 5 nitrogen and oxygen atoms in total. The molecule has 0 radical (unpaired) electrons. The Morgan fingerprint density at radius 3 is 2.69 bits per heavy atom. The number of carbonyl (C=O) groups is 1. The number of rotatable bonds is 6. The van der Waals surface area contributed by atoms with Gasteiger partial charge in [0.2, 0.25) is 5.91 Å². The Morgan fingerprint density at radius 2 is 1.96 bits per heavy atom. The van der Waals surface area contributed by atoms with E-state index in [9.17, 15) is 9.18 Å². The molecule has 0 saturated carbocycles. The largest absolute Gasteiger partial charge is 0.348 e. The van der Waals surface area contributed by atoms with E-state index in [0.29, 0.717) is 13.1 Å². The second kappa shape index (κ2) is 8.20. The van der Waals surface area contributed by atoms with E-state index in [-0.39, 0.29) is 11.7 Å². The lowest BCUT2D eigenvalue weighted by Gasteiger charge is -2.07. The lowest BCUT2D eigenvalue weighted by molar-refractivity contribution is -0.116. The van der Waals surface area contributed by atoms with Crippen molar-refractivity contribution in [1.29, 1.82) is 0 Å². The van der Waals surface area contributed by atoms with Crippen molar-refractivity contribution in [2.45, 2.75) is 20.0 Å². The summed E-state index contributed by atoms with van der Waals surface area (Å²) in [5.41, 5.74) is 3.68. The number of allylic oxidation sites excluding steroid dienone is 1. The highest BCUT2D eigenvalue weighted by Crippen LogP contribution is 2.14. The zero-order chi connectivity index (χ0) is 18.4. The molecule has 0 fully saturated rings. The van der Waals surface area contributed by atoms with Crippen molar-refractivity contribution >= 4 is 11.5 Å². The maximum Gasteiger partial charge on any atom is 0.244 e. The monoisotopic (exact) mass is 350 g/mol. The molecule has 3 aromatic rings. The molecule has 1 aromatic heterocycles. The summed E-state index contributed by atoms with van der Waals surface area (Å²) in [7, 11) is 0. The van der Waals surface area contributed by atoms with Gasteiger partial charge in [-0.25, -0.2) is 14.1 Å². The minimum absolute atomic E-state index is 0.187. The molecule has 0 aliphatic heterocycles. The topological polar surface area (TPSA) is 59.8 Å². The molecule has 3 rings (SSSR count). The summed E-state index contributed by atoms with van der Waals surface area (Å²) in [6.07, 6.45) is 4.68. The number of amides is 1. The summed E-state index contributed by atoms with van der Waals surface area (Å²) >= 11 is 0. The lowest BCUT2D eigenvalue weighted by atomic mass is 10.1. The van der Waals surface area contributed by atoms with Crippen LogP contribution < -0.4 is 5.32 Å². The highest BCUT2D eigenvalue weighted by Gasteiger charge is 2.03. The summed E-state index contributed by atoms with van der Waals surface area (Å²) < 4.78 is 14.7. The number of carbonyl (C=O) groups excluding carboxylic acids is 1. The van der Waals surface area contributed by atoms with Crippen LogP contribution in [0.4, 0.5) is 4.39 Å². The highest BCUT2D eigenvalue weighted by atomic mass is 19.1. The van der Waals surface area contributed by atoms with E-state index < -0.39 is 0 Å². The number of benzene rings is 2. The summed E-state index contributed by atoms with van der Waals surface area (Å²) in [6.45, 7) is 2.88. The van der Waals surface area contributed by atoms with Gasteiger partial charge in [0.1, 0.15) is 18.5 Å². The van der Waals surface area contributed by atoms with Crippen molar-refractivity contribution in [2.24, 2.45) is 0 Å². The molecular formula is C20H19FN4O. The number of hydrogen-bond donors (Lipinski definition) is 1. The Balaban J connectivity index is 1.59. The van der Waals surface area contributed by atoms with Gasteiger partial charge in [-0.1, -0.05) is 36.4 Å². The molecule has 0 bridgehead atoms. The zero-order valence-electron chi connectivity index (χ0n) is 14.4. The molecule has 0 aliphatic rings. The van der Waals surface area contributed by atoms with Crippen LogP contribution in [0.1, 0.15) is 23.6 Å². The van der Waals surface area contributed by atoms with Crippen LogP contribution in [0.25, 0.3) is 5.57 Å². The fourth-order valence-electron chi connectivity index (χ4n) is 2.57. The maximum absolute atomic E-state index is 13.0. The minimum atomic E-state index is -0.295. The Morgan fingerprint density at radius 1 is 1.19 bits per heavy atom. The quantitative estimate of drug-likeness (QED) is 0.695. The van der Waals surface area contributed by atoms with E-state index in [1.165, 1.54) is 24.5 Å². The van der Waals surface area contributed by atoms with Gasteiger partial charge in [0.05, 0.1) is 6.54 Å². The van der Waals surface area contributed by atoms with Crippen LogP contribution in [0.3, 0.4) is 0 Å². The third kappa shape index (κ3) is 4.86. The first-order valence-corrected chi connectivity index (χ1v) is 8.22. The van der Waals surface area contributed by atoms with Gasteiger partial charge >= 0.3 is 0 Å². The Labute approximate surface area is 151 Å². The number of nitrogens with one attached hydrogen (secondary N) is 1. The summed E-state index contributed by atoms with van der Waals surface area (Å²) in [5, 5.41) is 6.96. The van der Waals surface area contributed by atoms with Crippen molar-refractivity contribution < 1.29 is 9.18 Å². The van der Waals surface area contributed by atoms with E-state index in [1.54, 1.807) is 23.1 Å². The predicted molar refractivity (Wildman–Crippen MR) is 97.5 cm³/mol. The Kier molecular flexibility index (Phi) is 5.53. The van der Waals surface area contributed by atoms with Gasteiger partial charge in [0.25, 0.3) is 0 Å². The molecule has 1 heterocycles. The van der Waals surface area contributed by atoms with Crippen LogP contribution in [0.15, 0.2) is 67.3 Å². The van der Waals surface area contributed by atoms with Gasteiger partial charge in [-0.05, 0) is 41.3 Å². The van der Waals surface area contributed by atoms with Gasteiger partial charge in [0, 0.05) is 12.6 Å². The smallest absolute Gasteiger partial charge is 0.244 e. The summed E-state index contributed by atoms with van der Waals surface area (Å²) in [5.74, 6) is -0.481. The normalized spacial score (nSPS) is 11.4. The minimum Gasteiger partial charge on any atom is -0.348 e. The van der Waals surface area contributed by atoms with E-state index in [0.717, 1.165) is 22.3 Å². The van der Waals surface area contributed by atoms with Crippen LogP contribution in [0.2, 0.25) is 0 Å². The van der Waals surface area contributed by atoms with E-state index in [4.69, 9.17) is 0 Å². The second-order valence-electron chi connectivity index (χ2n) is 5.97. The number of halogens is 1. The average Bonchev–Trinajstić information content (AvgIpc) is 3.14. The van der Waals surface area contributed by atoms with Crippen molar-refractivity contribution in [3.63, 3.8) is 0 Å². The third-order valence-corrected chi connectivity index (χ3v) is 3.92. The van der Waals surface area contributed by atoms with E-state index >= 15 is 0 Å². The molecule has 0 spiro atoms.